The number of aliphatic carboxylic acids is 1. The fourth-order valence-corrected chi connectivity index (χ4v) is 3.64. The minimum atomic E-state index is -0.801. The van der Waals surface area contributed by atoms with E-state index in [0.29, 0.717) is 17.7 Å². The van der Waals surface area contributed by atoms with Crippen molar-refractivity contribution < 1.29 is 14.7 Å². The third-order valence-corrected chi connectivity index (χ3v) is 5.05. The molecular weight excluding hydrogens is 324 g/mol. The molecule has 2 saturated heterocycles. The van der Waals surface area contributed by atoms with Gasteiger partial charge in [-0.3, -0.25) is 9.59 Å². The molecule has 0 spiro atoms. The van der Waals surface area contributed by atoms with E-state index in [0.717, 1.165) is 17.3 Å². The normalized spacial score (nSPS) is 27.9. The van der Waals surface area contributed by atoms with Crippen molar-refractivity contribution in [3.05, 3.63) is 28.2 Å². The van der Waals surface area contributed by atoms with Crippen molar-refractivity contribution in [2.75, 3.05) is 5.73 Å². The van der Waals surface area contributed by atoms with Crippen LogP contribution in [0.1, 0.15) is 29.6 Å². The summed E-state index contributed by atoms with van der Waals surface area (Å²) in [5, 5.41) is 9.22. The smallest absolute Gasteiger partial charge is 0.308 e. The lowest BCUT2D eigenvalue weighted by molar-refractivity contribution is -0.142. The van der Waals surface area contributed by atoms with Gasteiger partial charge in [0.25, 0.3) is 5.91 Å². The van der Waals surface area contributed by atoms with E-state index in [1.807, 2.05) is 0 Å². The number of nitrogens with two attached hydrogens (primary N) is 1. The number of rotatable bonds is 2. The van der Waals surface area contributed by atoms with Gasteiger partial charge in [-0.2, -0.15) is 0 Å². The zero-order valence-corrected chi connectivity index (χ0v) is 12.3. The van der Waals surface area contributed by atoms with Gasteiger partial charge in [-0.15, -0.1) is 0 Å². The molecule has 5 nitrogen and oxygen atoms in total. The van der Waals surface area contributed by atoms with Gasteiger partial charge in [0, 0.05) is 27.8 Å². The first-order valence-electron chi connectivity index (χ1n) is 6.59. The number of carbonyl (C=O) groups is 2. The van der Waals surface area contributed by atoms with E-state index < -0.39 is 11.9 Å². The predicted octanol–water partition coefficient (Wildman–Crippen LogP) is 2.11. The first-order chi connectivity index (χ1) is 9.49. The van der Waals surface area contributed by atoms with Crippen LogP contribution in [0, 0.1) is 5.92 Å². The number of anilines is 1. The Morgan fingerprint density at radius 1 is 1.35 bits per heavy atom. The van der Waals surface area contributed by atoms with Crippen LogP contribution in [0.3, 0.4) is 0 Å². The SMILES string of the molecule is Nc1cc(C(=O)N2C3CCC2C(C(=O)O)C3)ccc1Br. The Bertz CT molecular complexity index is 590. The lowest BCUT2D eigenvalue weighted by Crippen LogP contribution is -2.37. The van der Waals surface area contributed by atoms with Crippen LogP contribution in [0.4, 0.5) is 5.69 Å². The molecule has 0 aromatic heterocycles. The van der Waals surface area contributed by atoms with E-state index in [4.69, 9.17) is 5.73 Å². The number of carbonyl (C=O) groups excluding carboxylic acids is 1. The second kappa shape index (κ2) is 4.77. The van der Waals surface area contributed by atoms with Crippen molar-refractivity contribution in [3.63, 3.8) is 0 Å². The third-order valence-electron chi connectivity index (χ3n) is 4.33. The summed E-state index contributed by atoms with van der Waals surface area (Å²) in [5.41, 5.74) is 6.84. The lowest BCUT2D eigenvalue weighted by Gasteiger charge is -2.23. The highest BCUT2D eigenvalue weighted by atomic mass is 79.9. The molecule has 3 atom stereocenters. The molecule has 2 heterocycles. The van der Waals surface area contributed by atoms with Crippen LogP contribution in [0.15, 0.2) is 22.7 Å². The van der Waals surface area contributed by atoms with Gasteiger partial charge in [0.15, 0.2) is 0 Å². The summed E-state index contributed by atoms with van der Waals surface area (Å²) in [5.74, 6) is -1.34. The molecular formula is C14H15BrN2O3. The molecule has 2 aliphatic rings. The van der Waals surface area contributed by atoms with Crippen LogP contribution in [0.2, 0.25) is 0 Å². The largest absolute Gasteiger partial charge is 0.481 e. The molecule has 0 radical (unpaired) electrons. The molecule has 6 heteroatoms. The average Bonchev–Trinajstić information content (AvgIpc) is 2.98. The number of nitrogens with zero attached hydrogens (tertiary/aromatic N) is 1. The lowest BCUT2D eigenvalue weighted by atomic mass is 9.89. The van der Waals surface area contributed by atoms with Gasteiger partial charge >= 0.3 is 5.97 Å². The molecule has 0 aliphatic carbocycles. The van der Waals surface area contributed by atoms with E-state index in [2.05, 4.69) is 15.9 Å². The minimum absolute atomic E-state index is 0.0541. The monoisotopic (exact) mass is 338 g/mol. The number of amides is 1. The van der Waals surface area contributed by atoms with Crippen molar-refractivity contribution in [3.8, 4) is 0 Å². The number of carboxylic acids is 1. The maximum absolute atomic E-state index is 12.6. The summed E-state index contributed by atoms with van der Waals surface area (Å²) >= 11 is 3.30. The number of hydrogen-bond acceptors (Lipinski definition) is 3. The van der Waals surface area contributed by atoms with Gasteiger partial charge in [0.05, 0.1) is 5.92 Å². The first kappa shape index (κ1) is 13.4. The quantitative estimate of drug-likeness (QED) is 0.809. The van der Waals surface area contributed by atoms with Gasteiger partial charge in [-0.25, -0.2) is 0 Å². The molecule has 1 amide bonds. The number of nitrogen functional groups attached to an aromatic ring is 1. The van der Waals surface area contributed by atoms with Crippen LogP contribution in [-0.2, 0) is 4.79 Å². The highest BCUT2D eigenvalue weighted by Crippen LogP contribution is 2.42. The predicted molar refractivity (Wildman–Crippen MR) is 77.3 cm³/mol. The standard InChI is InChI=1S/C14H15BrN2O3/c15-10-3-1-7(5-11(10)16)13(18)17-8-2-4-12(17)9(6-8)14(19)20/h1,3,5,8-9,12H,2,4,6,16H2,(H,19,20). The number of halogens is 1. The van der Waals surface area contributed by atoms with Crippen LogP contribution >= 0.6 is 15.9 Å². The molecule has 1 aromatic carbocycles. The summed E-state index contributed by atoms with van der Waals surface area (Å²) in [6, 6.07) is 4.99. The molecule has 3 rings (SSSR count). The molecule has 3 unspecified atom stereocenters. The zero-order valence-electron chi connectivity index (χ0n) is 10.8. The van der Waals surface area contributed by atoms with Gasteiger partial charge < -0.3 is 15.7 Å². The zero-order chi connectivity index (χ0) is 14.4. The average molecular weight is 339 g/mol. The Kier molecular flexibility index (Phi) is 3.20. The van der Waals surface area contributed by atoms with Gasteiger partial charge in [0.1, 0.15) is 0 Å². The van der Waals surface area contributed by atoms with E-state index in [1.54, 1.807) is 23.1 Å². The molecule has 0 saturated carbocycles. The molecule has 106 valence electrons. The van der Waals surface area contributed by atoms with Gasteiger partial charge in [-0.1, -0.05) is 0 Å². The van der Waals surface area contributed by atoms with Crippen LogP contribution in [-0.4, -0.2) is 34.0 Å². The van der Waals surface area contributed by atoms with E-state index in [-0.39, 0.29) is 18.0 Å². The molecule has 3 N–H and O–H groups in total. The minimum Gasteiger partial charge on any atom is -0.481 e. The number of carboxylic acid groups (broad SMARTS) is 1. The summed E-state index contributed by atoms with van der Waals surface area (Å²) in [7, 11) is 0. The highest BCUT2D eigenvalue weighted by Gasteiger charge is 2.51. The Morgan fingerprint density at radius 2 is 2.10 bits per heavy atom. The van der Waals surface area contributed by atoms with Crippen molar-refractivity contribution in [1.82, 2.24) is 4.90 Å². The fraction of sp³-hybridized carbons (Fsp3) is 0.429. The summed E-state index contributed by atoms with van der Waals surface area (Å²) in [6.07, 6.45) is 2.24. The van der Waals surface area contributed by atoms with Crippen molar-refractivity contribution in [1.29, 1.82) is 0 Å². The molecule has 2 fully saturated rings. The van der Waals surface area contributed by atoms with Crippen molar-refractivity contribution >= 4 is 33.5 Å². The van der Waals surface area contributed by atoms with Crippen LogP contribution in [0.5, 0.6) is 0 Å². The maximum atomic E-state index is 12.6. The number of fused-ring (bicyclic) bond motifs is 2. The molecule has 2 bridgehead atoms. The topological polar surface area (TPSA) is 83.6 Å². The van der Waals surface area contributed by atoms with Crippen molar-refractivity contribution in [2.45, 2.75) is 31.3 Å². The maximum Gasteiger partial charge on any atom is 0.308 e. The Morgan fingerprint density at radius 3 is 2.70 bits per heavy atom. The van der Waals surface area contributed by atoms with Crippen LogP contribution < -0.4 is 5.73 Å². The van der Waals surface area contributed by atoms with E-state index in [1.165, 1.54) is 0 Å². The highest BCUT2D eigenvalue weighted by molar-refractivity contribution is 9.10. The second-order valence-corrected chi connectivity index (χ2v) is 6.28. The molecule has 1 aromatic rings. The molecule has 2 aliphatic heterocycles. The fourth-order valence-electron chi connectivity index (χ4n) is 3.40. The Hall–Kier alpha value is -1.56. The first-order valence-corrected chi connectivity index (χ1v) is 7.39. The Labute approximate surface area is 124 Å². The molecule has 20 heavy (non-hydrogen) atoms. The summed E-state index contributed by atoms with van der Waals surface area (Å²) in [6.45, 7) is 0. The van der Waals surface area contributed by atoms with Crippen LogP contribution in [0.25, 0.3) is 0 Å². The third kappa shape index (κ3) is 1.98. The van der Waals surface area contributed by atoms with E-state index in [9.17, 15) is 14.7 Å². The van der Waals surface area contributed by atoms with Crippen molar-refractivity contribution in [2.24, 2.45) is 5.92 Å². The van der Waals surface area contributed by atoms with E-state index >= 15 is 0 Å². The summed E-state index contributed by atoms with van der Waals surface area (Å²) < 4.78 is 0.752. The summed E-state index contributed by atoms with van der Waals surface area (Å²) in [4.78, 5) is 25.6. The van der Waals surface area contributed by atoms with Gasteiger partial charge in [-0.05, 0) is 53.4 Å². The van der Waals surface area contributed by atoms with Gasteiger partial charge in [0.2, 0.25) is 0 Å². The number of hydrogen-bond donors (Lipinski definition) is 2. The second-order valence-electron chi connectivity index (χ2n) is 5.43. The number of benzene rings is 1. The Balaban J connectivity index is 1.88.